The average molecular weight is 268 g/mol. The molecule has 80 valence electrons. The van der Waals surface area contributed by atoms with Crippen molar-refractivity contribution in [2.75, 3.05) is 6.61 Å². The van der Waals surface area contributed by atoms with Crippen LogP contribution in [0.2, 0.25) is 0 Å². The zero-order valence-corrected chi connectivity index (χ0v) is 10.2. The number of halogens is 1. The molecule has 15 heavy (non-hydrogen) atoms. The van der Waals surface area contributed by atoms with Crippen molar-refractivity contribution >= 4 is 26.8 Å². The molecule has 0 radical (unpaired) electrons. The van der Waals surface area contributed by atoms with E-state index in [2.05, 4.69) is 44.9 Å². The summed E-state index contributed by atoms with van der Waals surface area (Å²) in [4.78, 5) is 0. The fraction of sp³-hybridized carbons (Fsp3) is 0.333. The molecule has 2 nitrogen and oxygen atoms in total. The smallest absolute Gasteiger partial charge is 0.0491 e. The molecule has 0 amide bonds. The van der Waals surface area contributed by atoms with E-state index in [1.807, 2.05) is 13.0 Å². The summed E-state index contributed by atoms with van der Waals surface area (Å²) in [5, 5.41) is 10.3. The number of aliphatic hydroxyl groups is 1. The Morgan fingerprint density at radius 3 is 2.93 bits per heavy atom. The van der Waals surface area contributed by atoms with Gasteiger partial charge in [0.05, 0.1) is 0 Å². The van der Waals surface area contributed by atoms with Crippen LogP contribution in [-0.2, 0) is 6.54 Å². The molecular formula is C12H14BrNO. The third-order valence-electron chi connectivity index (χ3n) is 2.56. The van der Waals surface area contributed by atoms with Crippen molar-refractivity contribution in [3.05, 3.63) is 34.9 Å². The first-order valence-corrected chi connectivity index (χ1v) is 5.85. The van der Waals surface area contributed by atoms with E-state index in [-0.39, 0.29) is 6.61 Å². The highest BCUT2D eigenvalue weighted by atomic mass is 79.9. The summed E-state index contributed by atoms with van der Waals surface area (Å²) in [6.07, 6.45) is 2.07. The molecule has 0 aliphatic carbocycles. The van der Waals surface area contributed by atoms with Crippen LogP contribution in [0.25, 0.3) is 10.9 Å². The summed E-state index contributed by atoms with van der Waals surface area (Å²) in [6, 6.07) is 8.35. The lowest BCUT2D eigenvalue weighted by Crippen LogP contribution is -2.09. The summed E-state index contributed by atoms with van der Waals surface area (Å²) in [7, 11) is 0. The fourth-order valence-electron chi connectivity index (χ4n) is 1.71. The number of hydrogen-bond donors (Lipinski definition) is 1. The SMILES string of the molecule is CC(CO)Cn1ccc2ccc(Br)cc21. The van der Waals surface area contributed by atoms with Crippen LogP contribution >= 0.6 is 15.9 Å². The van der Waals surface area contributed by atoms with Gasteiger partial charge in [-0.25, -0.2) is 0 Å². The molecule has 1 unspecified atom stereocenters. The third kappa shape index (κ3) is 2.24. The number of benzene rings is 1. The average Bonchev–Trinajstić information content (AvgIpc) is 2.61. The van der Waals surface area contributed by atoms with Gasteiger partial charge in [-0.1, -0.05) is 28.9 Å². The maximum absolute atomic E-state index is 9.04. The summed E-state index contributed by atoms with van der Waals surface area (Å²) in [5.74, 6) is 0.291. The van der Waals surface area contributed by atoms with Crippen LogP contribution in [0, 0.1) is 5.92 Å². The summed E-state index contributed by atoms with van der Waals surface area (Å²) in [6.45, 7) is 3.13. The van der Waals surface area contributed by atoms with Gasteiger partial charge in [0, 0.05) is 29.3 Å². The van der Waals surface area contributed by atoms with Crippen molar-refractivity contribution in [3.63, 3.8) is 0 Å². The molecule has 1 N–H and O–H groups in total. The standard InChI is InChI=1S/C12H14BrNO/c1-9(8-15)7-14-5-4-10-2-3-11(13)6-12(10)14/h2-6,9,15H,7-8H2,1H3. The predicted octanol–water partition coefficient (Wildman–Crippen LogP) is 3.03. The molecule has 2 aromatic rings. The van der Waals surface area contributed by atoms with Gasteiger partial charge in [0.25, 0.3) is 0 Å². The number of aromatic nitrogens is 1. The number of rotatable bonds is 3. The second-order valence-corrected chi connectivity index (χ2v) is 4.87. The van der Waals surface area contributed by atoms with E-state index in [9.17, 15) is 0 Å². The van der Waals surface area contributed by atoms with E-state index in [1.54, 1.807) is 0 Å². The molecule has 0 fully saturated rings. The van der Waals surface area contributed by atoms with Crippen LogP contribution in [0.1, 0.15) is 6.92 Å². The molecule has 1 aromatic carbocycles. The van der Waals surface area contributed by atoms with Crippen LogP contribution < -0.4 is 0 Å². The lowest BCUT2D eigenvalue weighted by Gasteiger charge is -2.10. The van der Waals surface area contributed by atoms with Gasteiger partial charge in [-0.15, -0.1) is 0 Å². The van der Waals surface area contributed by atoms with Crippen molar-refractivity contribution in [2.45, 2.75) is 13.5 Å². The van der Waals surface area contributed by atoms with E-state index >= 15 is 0 Å². The highest BCUT2D eigenvalue weighted by Crippen LogP contribution is 2.21. The van der Waals surface area contributed by atoms with Crippen molar-refractivity contribution in [3.8, 4) is 0 Å². The Hall–Kier alpha value is -0.800. The van der Waals surface area contributed by atoms with Gasteiger partial charge in [0.15, 0.2) is 0 Å². The lowest BCUT2D eigenvalue weighted by atomic mass is 10.2. The molecule has 0 spiro atoms. The number of aliphatic hydroxyl groups excluding tert-OH is 1. The Balaban J connectivity index is 2.39. The Morgan fingerprint density at radius 1 is 1.40 bits per heavy atom. The van der Waals surface area contributed by atoms with Crippen LogP contribution in [0.3, 0.4) is 0 Å². The molecule has 3 heteroatoms. The van der Waals surface area contributed by atoms with E-state index in [0.717, 1.165) is 11.0 Å². The topological polar surface area (TPSA) is 25.2 Å². The number of fused-ring (bicyclic) bond motifs is 1. The summed E-state index contributed by atoms with van der Waals surface area (Å²) >= 11 is 3.47. The molecular weight excluding hydrogens is 254 g/mol. The highest BCUT2D eigenvalue weighted by Gasteiger charge is 2.05. The molecule has 0 saturated carbocycles. The molecule has 0 aliphatic heterocycles. The zero-order chi connectivity index (χ0) is 10.8. The predicted molar refractivity (Wildman–Crippen MR) is 65.9 cm³/mol. The Bertz CT molecular complexity index is 464. The molecule has 0 saturated heterocycles. The second-order valence-electron chi connectivity index (χ2n) is 3.96. The van der Waals surface area contributed by atoms with Crippen molar-refractivity contribution in [1.82, 2.24) is 4.57 Å². The summed E-state index contributed by atoms with van der Waals surface area (Å²) < 4.78 is 3.27. The van der Waals surface area contributed by atoms with Crippen molar-refractivity contribution in [2.24, 2.45) is 5.92 Å². The first-order valence-electron chi connectivity index (χ1n) is 5.06. The van der Waals surface area contributed by atoms with Gasteiger partial charge in [-0.05, 0) is 29.5 Å². The van der Waals surface area contributed by atoms with Gasteiger partial charge < -0.3 is 9.67 Å². The first-order chi connectivity index (χ1) is 7.20. The minimum absolute atomic E-state index is 0.230. The quantitative estimate of drug-likeness (QED) is 0.909. The van der Waals surface area contributed by atoms with Crippen LogP contribution in [0.15, 0.2) is 34.9 Å². The second kappa shape index (κ2) is 4.37. The molecule has 1 heterocycles. The Kier molecular flexibility index (Phi) is 3.12. The van der Waals surface area contributed by atoms with Gasteiger partial charge >= 0.3 is 0 Å². The first kappa shape index (κ1) is 10.7. The van der Waals surface area contributed by atoms with Gasteiger partial charge in [0.1, 0.15) is 0 Å². The van der Waals surface area contributed by atoms with Crippen molar-refractivity contribution < 1.29 is 5.11 Å². The molecule has 1 aromatic heterocycles. The number of hydrogen-bond acceptors (Lipinski definition) is 1. The van der Waals surface area contributed by atoms with Gasteiger partial charge in [0.2, 0.25) is 0 Å². The normalized spacial score (nSPS) is 13.3. The van der Waals surface area contributed by atoms with E-state index in [1.165, 1.54) is 10.9 Å². The highest BCUT2D eigenvalue weighted by molar-refractivity contribution is 9.10. The van der Waals surface area contributed by atoms with Gasteiger partial charge in [-0.3, -0.25) is 0 Å². The molecule has 0 bridgehead atoms. The minimum Gasteiger partial charge on any atom is -0.396 e. The lowest BCUT2D eigenvalue weighted by molar-refractivity contribution is 0.224. The van der Waals surface area contributed by atoms with E-state index in [4.69, 9.17) is 5.11 Å². The zero-order valence-electron chi connectivity index (χ0n) is 8.65. The van der Waals surface area contributed by atoms with E-state index < -0.39 is 0 Å². The van der Waals surface area contributed by atoms with Crippen molar-refractivity contribution in [1.29, 1.82) is 0 Å². The summed E-state index contributed by atoms with van der Waals surface area (Å²) in [5.41, 5.74) is 1.21. The third-order valence-corrected chi connectivity index (χ3v) is 3.05. The van der Waals surface area contributed by atoms with E-state index in [0.29, 0.717) is 5.92 Å². The van der Waals surface area contributed by atoms with Crippen LogP contribution in [0.4, 0.5) is 0 Å². The monoisotopic (exact) mass is 267 g/mol. The minimum atomic E-state index is 0.230. The Morgan fingerprint density at radius 2 is 2.20 bits per heavy atom. The largest absolute Gasteiger partial charge is 0.396 e. The number of nitrogens with zero attached hydrogens (tertiary/aromatic N) is 1. The Labute approximate surface area is 97.7 Å². The van der Waals surface area contributed by atoms with Crippen LogP contribution in [0.5, 0.6) is 0 Å². The maximum Gasteiger partial charge on any atom is 0.0491 e. The fourth-order valence-corrected chi connectivity index (χ4v) is 2.06. The molecule has 1 atom stereocenters. The maximum atomic E-state index is 9.04. The molecule has 0 aliphatic rings. The van der Waals surface area contributed by atoms with Gasteiger partial charge in [-0.2, -0.15) is 0 Å². The molecule has 2 rings (SSSR count). The van der Waals surface area contributed by atoms with Crippen LogP contribution in [-0.4, -0.2) is 16.3 Å².